The second-order valence-electron chi connectivity index (χ2n) is 3.87. The highest BCUT2D eigenvalue weighted by Gasteiger charge is 2.19. The SMILES string of the molecule is CCCn1nc(Br)nc1OC1=CC(F)=CC(F)C1. The highest BCUT2D eigenvalue weighted by Crippen LogP contribution is 2.24. The second-order valence-corrected chi connectivity index (χ2v) is 4.58. The molecule has 0 amide bonds. The Morgan fingerprint density at radius 3 is 3.06 bits per heavy atom. The van der Waals surface area contributed by atoms with Gasteiger partial charge in [0.05, 0.1) is 0 Å². The van der Waals surface area contributed by atoms with Crippen molar-refractivity contribution in [3.8, 4) is 6.01 Å². The number of hydrogen-bond donors (Lipinski definition) is 0. The Bertz CT molecular complexity index is 498. The van der Waals surface area contributed by atoms with Crippen LogP contribution in [0.5, 0.6) is 6.01 Å². The van der Waals surface area contributed by atoms with Crippen LogP contribution < -0.4 is 4.74 Å². The first-order valence-corrected chi connectivity index (χ1v) is 6.38. The average Bonchev–Trinajstić information content (AvgIpc) is 2.58. The predicted molar refractivity (Wildman–Crippen MR) is 65.4 cm³/mol. The zero-order chi connectivity index (χ0) is 13.1. The third kappa shape index (κ3) is 3.16. The molecule has 2 rings (SSSR count). The number of allylic oxidation sites excluding steroid dienone is 4. The monoisotopic (exact) mass is 319 g/mol. The topological polar surface area (TPSA) is 39.9 Å². The van der Waals surface area contributed by atoms with Crippen LogP contribution in [-0.4, -0.2) is 20.9 Å². The van der Waals surface area contributed by atoms with Gasteiger partial charge in [-0.1, -0.05) is 6.92 Å². The third-order valence-electron chi connectivity index (χ3n) is 2.30. The molecule has 1 unspecified atom stereocenters. The van der Waals surface area contributed by atoms with E-state index < -0.39 is 12.0 Å². The molecule has 1 heterocycles. The summed E-state index contributed by atoms with van der Waals surface area (Å²) in [5, 5.41) is 4.07. The summed E-state index contributed by atoms with van der Waals surface area (Å²) >= 11 is 3.14. The number of aromatic nitrogens is 3. The average molecular weight is 320 g/mol. The van der Waals surface area contributed by atoms with Gasteiger partial charge >= 0.3 is 6.01 Å². The Balaban J connectivity index is 2.16. The molecule has 0 radical (unpaired) electrons. The fraction of sp³-hybridized carbons (Fsp3) is 0.455. The summed E-state index contributed by atoms with van der Waals surface area (Å²) in [6.07, 6.45) is 1.57. The minimum Gasteiger partial charge on any atom is -0.429 e. The van der Waals surface area contributed by atoms with E-state index in [0.717, 1.165) is 18.6 Å². The van der Waals surface area contributed by atoms with Crippen molar-refractivity contribution in [1.82, 2.24) is 14.8 Å². The lowest BCUT2D eigenvalue weighted by Gasteiger charge is -2.14. The van der Waals surface area contributed by atoms with Crippen LogP contribution in [-0.2, 0) is 6.54 Å². The van der Waals surface area contributed by atoms with Crippen molar-refractivity contribution in [2.45, 2.75) is 32.5 Å². The van der Waals surface area contributed by atoms with Crippen LogP contribution in [0.25, 0.3) is 0 Å². The van der Waals surface area contributed by atoms with Crippen molar-refractivity contribution in [1.29, 1.82) is 0 Å². The Hall–Kier alpha value is -1.24. The zero-order valence-corrected chi connectivity index (χ0v) is 11.3. The van der Waals surface area contributed by atoms with Crippen molar-refractivity contribution >= 4 is 15.9 Å². The minimum atomic E-state index is -1.36. The van der Waals surface area contributed by atoms with Gasteiger partial charge in [-0.3, -0.25) is 0 Å². The van der Waals surface area contributed by atoms with E-state index in [9.17, 15) is 8.78 Å². The minimum absolute atomic E-state index is 0.00399. The molecular weight excluding hydrogens is 308 g/mol. The van der Waals surface area contributed by atoms with Crippen molar-refractivity contribution in [3.63, 3.8) is 0 Å². The molecule has 0 saturated heterocycles. The van der Waals surface area contributed by atoms with Gasteiger partial charge in [0.15, 0.2) is 0 Å². The molecule has 0 aliphatic heterocycles. The van der Waals surface area contributed by atoms with Gasteiger partial charge in [-0.2, -0.15) is 4.98 Å². The van der Waals surface area contributed by atoms with Gasteiger partial charge in [-0.25, -0.2) is 13.5 Å². The Kier molecular flexibility index (Phi) is 4.11. The molecule has 98 valence electrons. The smallest absolute Gasteiger partial charge is 0.321 e. The van der Waals surface area contributed by atoms with Crippen LogP contribution in [0.1, 0.15) is 19.8 Å². The van der Waals surface area contributed by atoms with Crippen molar-refractivity contribution in [2.75, 3.05) is 0 Å². The van der Waals surface area contributed by atoms with Crippen LogP contribution >= 0.6 is 15.9 Å². The maximum absolute atomic E-state index is 13.2. The first-order chi connectivity index (χ1) is 8.58. The van der Waals surface area contributed by atoms with E-state index in [2.05, 4.69) is 26.0 Å². The summed E-state index contributed by atoms with van der Waals surface area (Å²) in [5.41, 5.74) is 0. The summed E-state index contributed by atoms with van der Waals surface area (Å²) < 4.78 is 33.5. The van der Waals surface area contributed by atoms with E-state index in [0.29, 0.717) is 11.3 Å². The molecule has 7 heteroatoms. The number of rotatable bonds is 4. The normalized spacial score (nSPS) is 19.4. The van der Waals surface area contributed by atoms with Gasteiger partial charge in [0.2, 0.25) is 4.73 Å². The van der Waals surface area contributed by atoms with E-state index in [1.807, 2.05) is 6.92 Å². The molecule has 0 spiro atoms. The third-order valence-corrected chi connectivity index (χ3v) is 2.64. The van der Waals surface area contributed by atoms with Gasteiger partial charge < -0.3 is 4.74 Å². The van der Waals surface area contributed by atoms with Gasteiger partial charge in [-0.05, 0) is 28.4 Å². The molecule has 0 saturated carbocycles. The predicted octanol–water partition coefficient (Wildman–Crippen LogP) is 3.31. The quantitative estimate of drug-likeness (QED) is 0.854. The summed E-state index contributed by atoms with van der Waals surface area (Å²) in [4.78, 5) is 4.01. The molecule has 4 nitrogen and oxygen atoms in total. The first kappa shape index (κ1) is 13.2. The fourth-order valence-electron chi connectivity index (χ4n) is 1.61. The summed E-state index contributed by atoms with van der Waals surface area (Å²) in [6.45, 7) is 2.61. The molecule has 1 atom stereocenters. The molecular formula is C11H12BrF2N3O. The van der Waals surface area contributed by atoms with Crippen molar-refractivity contribution < 1.29 is 13.5 Å². The zero-order valence-electron chi connectivity index (χ0n) is 9.74. The number of nitrogens with zero attached hydrogens (tertiary/aromatic N) is 3. The maximum Gasteiger partial charge on any atom is 0.321 e. The van der Waals surface area contributed by atoms with Gasteiger partial charge in [0, 0.05) is 19.0 Å². The number of aryl methyl sites for hydroxylation is 1. The molecule has 1 aliphatic rings. The maximum atomic E-state index is 13.2. The fourth-order valence-corrected chi connectivity index (χ4v) is 1.95. The lowest BCUT2D eigenvalue weighted by atomic mass is 10.1. The number of ether oxygens (including phenoxy) is 1. The van der Waals surface area contributed by atoms with Crippen molar-refractivity contribution in [3.05, 3.63) is 28.5 Å². The molecule has 1 aromatic heterocycles. The molecule has 18 heavy (non-hydrogen) atoms. The van der Waals surface area contributed by atoms with Crippen LogP contribution in [0.3, 0.4) is 0 Å². The van der Waals surface area contributed by atoms with Crippen LogP contribution in [0.4, 0.5) is 8.78 Å². The number of alkyl halides is 1. The number of halogens is 3. The summed E-state index contributed by atoms with van der Waals surface area (Å²) in [5.74, 6) is -0.427. The Labute approximate surface area is 111 Å². The van der Waals surface area contributed by atoms with E-state index in [1.54, 1.807) is 4.68 Å². The van der Waals surface area contributed by atoms with Crippen LogP contribution in [0.15, 0.2) is 28.5 Å². The first-order valence-electron chi connectivity index (χ1n) is 5.58. The molecule has 0 fully saturated rings. The second kappa shape index (κ2) is 5.60. The molecule has 0 aromatic carbocycles. The Morgan fingerprint density at radius 1 is 1.61 bits per heavy atom. The number of hydrogen-bond acceptors (Lipinski definition) is 3. The molecule has 0 N–H and O–H groups in total. The van der Waals surface area contributed by atoms with Gasteiger partial charge in [0.1, 0.15) is 17.8 Å². The highest BCUT2D eigenvalue weighted by molar-refractivity contribution is 9.10. The van der Waals surface area contributed by atoms with E-state index in [4.69, 9.17) is 4.74 Å². The summed E-state index contributed by atoms with van der Waals surface area (Å²) in [6, 6.07) is 0.233. The van der Waals surface area contributed by atoms with Crippen LogP contribution in [0.2, 0.25) is 0 Å². The Morgan fingerprint density at radius 2 is 2.39 bits per heavy atom. The molecule has 0 bridgehead atoms. The van der Waals surface area contributed by atoms with Crippen molar-refractivity contribution in [2.24, 2.45) is 0 Å². The largest absolute Gasteiger partial charge is 0.429 e. The highest BCUT2D eigenvalue weighted by atomic mass is 79.9. The molecule has 1 aliphatic carbocycles. The van der Waals surface area contributed by atoms with Gasteiger partial charge in [-0.15, -0.1) is 5.10 Å². The van der Waals surface area contributed by atoms with E-state index in [-0.39, 0.29) is 18.2 Å². The molecule has 1 aromatic rings. The summed E-state index contributed by atoms with van der Waals surface area (Å²) in [7, 11) is 0. The van der Waals surface area contributed by atoms with Crippen LogP contribution in [0, 0.1) is 0 Å². The van der Waals surface area contributed by atoms with Gasteiger partial charge in [0.25, 0.3) is 0 Å². The van der Waals surface area contributed by atoms with E-state index in [1.165, 1.54) is 0 Å². The standard InChI is InChI=1S/C11H12BrF2N3O/c1-2-3-17-11(15-10(12)16-17)18-9-5-7(13)4-8(14)6-9/h4-5,8H,2-3,6H2,1H3. The lowest BCUT2D eigenvalue weighted by molar-refractivity contribution is 0.292. The van der Waals surface area contributed by atoms with E-state index >= 15 is 0 Å². The lowest BCUT2D eigenvalue weighted by Crippen LogP contribution is -2.11.